The first-order chi connectivity index (χ1) is 10.1. The topological polar surface area (TPSA) is 66.4 Å². The second-order valence-corrected chi connectivity index (χ2v) is 6.89. The molecule has 2 aliphatic rings. The van der Waals surface area contributed by atoms with E-state index in [0.29, 0.717) is 12.3 Å². The first-order valence-electron chi connectivity index (χ1n) is 8.62. The molecule has 2 rings (SSSR count). The Bertz CT molecular complexity index is 369. The van der Waals surface area contributed by atoms with Crippen LogP contribution < -0.4 is 5.32 Å². The van der Waals surface area contributed by atoms with Gasteiger partial charge in [-0.1, -0.05) is 39.0 Å². The van der Waals surface area contributed by atoms with Crippen LogP contribution in [0.25, 0.3) is 0 Å². The van der Waals surface area contributed by atoms with Crippen LogP contribution >= 0.6 is 0 Å². The summed E-state index contributed by atoms with van der Waals surface area (Å²) in [6.07, 6.45) is 9.51. The van der Waals surface area contributed by atoms with Crippen molar-refractivity contribution in [2.45, 2.75) is 64.7 Å². The SMILES string of the molecule is CCC1CCCC(CNC(=O)C2CCCCC2C(=O)O)C1. The van der Waals surface area contributed by atoms with Crippen molar-refractivity contribution in [2.24, 2.45) is 23.7 Å². The lowest BCUT2D eigenvalue weighted by molar-refractivity contribution is -0.149. The van der Waals surface area contributed by atoms with Crippen molar-refractivity contribution in [1.82, 2.24) is 5.32 Å². The molecule has 0 saturated heterocycles. The molecule has 0 aromatic carbocycles. The van der Waals surface area contributed by atoms with Gasteiger partial charge in [0, 0.05) is 6.54 Å². The van der Waals surface area contributed by atoms with Crippen molar-refractivity contribution in [3.63, 3.8) is 0 Å². The fraction of sp³-hybridized carbons (Fsp3) is 0.882. The summed E-state index contributed by atoms with van der Waals surface area (Å²) < 4.78 is 0. The summed E-state index contributed by atoms with van der Waals surface area (Å²) in [5, 5.41) is 12.3. The van der Waals surface area contributed by atoms with Crippen LogP contribution in [0.2, 0.25) is 0 Å². The molecule has 0 aromatic rings. The number of carboxylic acid groups (broad SMARTS) is 1. The highest BCUT2D eigenvalue weighted by Crippen LogP contribution is 2.32. The van der Waals surface area contributed by atoms with Crippen molar-refractivity contribution in [3.05, 3.63) is 0 Å². The summed E-state index contributed by atoms with van der Waals surface area (Å²) in [6.45, 7) is 2.98. The van der Waals surface area contributed by atoms with E-state index in [2.05, 4.69) is 12.2 Å². The van der Waals surface area contributed by atoms with E-state index in [1.807, 2.05) is 0 Å². The Morgan fingerprint density at radius 3 is 2.33 bits per heavy atom. The number of carboxylic acids is 1. The normalized spacial score (nSPS) is 33.4. The molecule has 0 aromatic heterocycles. The molecule has 2 fully saturated rings. The van der Waals surface area contributed by atoms with Crippen molar-refractivity contribution in [3.8, 4) is 0 Å². The van der Waals surface area contributed by atoms with E-state index in [1.165, 1.54) is 32.1 Å². The Morgan fingerprint density at radius 1 is 1.00 bits per heavy atom. The molecule has 1 amide bonds. The highest BCUT2D eigenvalue weighted by atomic mass is 16.4. The number of amides is 1. The van der Waals surface area contributed by atoms with Crippen LogP contribution in [0.5, 0.6) is 0 Å². The molecule has 0 spiro atoms. The van der Waals surface area contributed by atoms with Gasteiger partial charge in [-0.05, 0) is 37.5 Å². The first-order valence-corrected chi connectivity index (χ1v) is 8.62. The number of rotatable bonds is 5. The largest absolute Gasteiger partial charge is 0.481 e. The van der Waals surface area contributed by atoms with E-state index in [4.69, 9.17) is 0 Å². The van der Waals surface area contributed by atoms with E-state index in [-0.39, 0.29) is 11.8 Å². The summed E-state index contributed by atoms with van der Waals surface area (Å²) in [6, 6.07) is 0. The third-order valence-corrected chi connectivity index (χ3v) is 5.45. The summed E-state index contributed by atoms with van der Waals surface area (Å²) in [4.78, 5) is 23.6. The highest BCUT2D eigenvalue weighted by Gasteiger charge is 2.35. The first kappa shape index (κ1) is 16.3. The highest BCUT2D eigenvalue weighted by molar-refractivity contribution is 5.84. The van der Waals surface area contributed by atoms with Gasteiger partial charge in [0.2, 0.25) is 5.91 Å². The molecule has 0 radical (unpaired) electrons. The van der Waals surface area contributed by atoms with Gasteiger partial charge >= 0.3 is 5.97 Å². The fourth-order valence-corrected chi connectivity index (χ4v) is 4.07. The monoisotopic (exact) mass is 295 g/mol. The smallest absolute Gasteiger partial charge is 0.307 e. The number of carbonyl (C=O) groups is 2. The van der Waals surface area contributed by atoms with Crippen LogP contribution in [0.4, 0.5) is 0 Å². The van der Waals surface area contributed by atoms with Crippen LogP contribution in [0.15, 0.2) is 0 Å². The van der Waals surface area contributed by atoms with E-state index in [9.17, 15) is 14.7 Å². The summed E-state index contributed by atoms with van der Waals surface area (Å²) >= 11 is 0. The summed E-state index contributed by atoms with van der Waals surface area (Å²) in [7, 11) is 0. The predicted molar refractivity (Wildman–Crippen MR) is 81.8 cm³/mol. The molecular weight excluding hydrogens is 266 g/mol. The molecule has 2 N–H and O–H groups in total. The van der Waals surface area contributed by atoms with Gasteiger partial charge in [-0.2, -0.15) is 0 Å². The average molecular weight is 295 g/mol. The van der Waals surface area contributed by atoms with Gasteiger partial charge in [-0.3, -0.25) is 9.59 Å². The summed E-state index contributed by atoms with van der Waals surface area (Å²) in [5.41, 5.74) is 0. The third kappa shape index (κ3) is 4.45. The number of hydrogen-bond acceptors (Lipinski definition) is 2. The van der Waals surface area contributed by atoms with Crippen LogP contribution in [-0.4, -0.2) is 23.5 Å². The maximum absolute atomic E-state index is 12.3. The zero-order valence-electron chi connectivity index (χ0n) is 13.1. The number of nitrogens with one attached hydrogen (secondary N) is 1. The maximum atomic E-state index is 12.3. The quantitative estimate of drug-likeness (QED) is 0.818. The van der Waals surface area contributed by atoms with Crippen molar-refractivity contribution >= 4 is 11.9 Å². The predicted octanol–water partition coefficient (Wildman–Crippen LogP) is 3.21. The van der Waals surface area contributed by atoms with Gasteiger partial charge in [0.25, 0.3) is 0 Å². The lowest BCUT2D eigenvalue weighted by atomic mass is 9.78. The van der Waals surface area contributed by atoms with Gasteiger partial charge in [0.05, 0.1) is 11.8 Å². The van der Waals surface area contributed by atoms with E-state index in [1.54, 1.807) is 0 Å². The molecule has 0 aliphatic heterocycles. The second-order valence-electron chi connectivity index (χ2n) is 6.89. The molecule has 4 atom stereocenters. The zero-order chi connectivity index (χ0) is 15.2. The van der Waals surface area contributed by atoms with Crippen LogP contribution in [0, 0.1) is 23.7 Å². The van der Waals surface area contributed by atoms with Crippen molar-refractivity contribution < 1.29 is 14.7 Å². The number of carbonyl (C=O) groups excluding carboxylic acids is 1. The van der Waals surface area contributed by atoms with Crippen molar-refractivity contribution in [1.29, 1.82) is 0 Å². The van der Waals surface area contributed by atoms with Crippen molar-refractivity contribution in [2.75, 3.05) is 6.54 Å². The summed E-state index contributed by atoms with van der Waals surface area (Å²) in [5.74, 6) is -0.240. The molecule has 2 aliphatic carbocycles. The Labute approximate surface area is 127 Å². The van der Waals surface area contributed by atoms with Crippen LogP contribution in [0.3, 0.4) is 0 Å². The Morgan fingerprint density at radius 2 is 1.67 bits per heavy atom. The maximum Gasteiger partial charge on any atom is 0.307 e. The Balaban J connectivity index is 1.81. The zero-order valence-corrected chi connectivity index (χ0v) is 13.1. The lowest BCUT2D eigenvalue weighted by Crippen LogP contribution is -2.41. The molecular formula is C17H29NO3. The second kappa shape index (κ2) is 7.81. The number of aliphatic carboxylic acids is 1. The van der Waals surface area contributed by atoms with E-state index >= 15 is 0 Å². The minimum atomic E-state index is -0.807. The molecule has 21 heavy (non-hydrogen) atoms. The molecule has 120 valence electrons. The minimum absolute atomic E-state index is 0.0271. The molecule has 0 heterocycles. The number of hydrogen-bond donors (Lipinski definition) is 2. The molecule has 4 heteroatoms. The van der Waals surface area contributed by atoms with E-state index in [0.717, 1.165) is 31.7 Å². The van der Waals surface area contributed by atoms with Gasteiger partial charge in [0.15, 0.2) is 0 Å². The molecule has 2 saturated carbocycles. The van der Waals surface area contributed by atoms with Gasteiger partial charge in [-0.25, -0.2) is 0 Å². The van der Waals surface area contributed by atoms with Gasteiger partial charge in [0.1, 0.15) is 0 Å². The third-order valence-electron chi connectivity index (χ3n) is 5.45. The standard InChI is InChI=1S/C17H29NO3/c1-2-12-6-5-7-13(10-12)11-18-16(19)14-8-3-4-9-15(14)17(20)21/h12-15H,2-11H2,1H3,(H,18,19)(H,20,21). The van der Waals surface area contributed by atoms with Gasteiger partial charge < -0.3 is 10.4 Å². The average Bonchev–Trinajstić information content (AvgIpc) is 2.52. The van der Waals surface area contributed by atoms with Crippen LogP contribution in [-0.2, 0) is 9.59 Å². The lowest BCUT2D eigenvalue weighted by Gasteiger charge is -2.31. The molecule has 4 nitrogen and oxygen atoms in total. The van der Waals surface area contributed by atoms with Crippen LogP contribution in [0.1, 0.15) is 64.7 Å². The minimum Gasteiger partial charge on any atom is -0.481 e. The Kier molecular flexibility index (Phi) is 6.07. The fourth-order valence-electron chi connectivity index (χ4n) is 4.07. The van der Waals surface area contributed by atoms with Gasteiger partial charge in [-0.15, -0.1) is 0 Å². The molecule has 0 bridgehead atoms. The Hall–Kier alpha value is -1.06. The molecule has 4 unspecified atom stereocenters. The van der Waals surface area contributed by atoms with E-state index < -0.39 is 11.9 Å².